The molecular weight excluding hydrogens is 495 g/mol. The number of carbonyl (C=O) groups is 1. The van der Waals surface area contributed by atoms with E-state index in [1.165, 1.54) is 23.5 Å². The Hall–Kier alpha value is -2.21. The summed E-state index contributed by atoms with van der Waals surface area (Å²) in [6.45, 7) is 0.220. The summed E-state index contributed by atoms with van der Waals surface area (Å²) >= 11 is 4.58. The second-order valence-electron chi connectivity index (χ2n) is 6.64. The van der Waals surface area contributed by atoms with Gasteiger partial charge in [0, 0.05) is 16.6 Å². The highest BCUT2D eigenvalue weighted by molar-refractivity contribution is 9.10. The Morgan fingerprint density at radius 1 is 1.13 bits per heavy atom. The van der Waals surface area contributed by atoms with Crippen molar-refractivity contribution in [2.45, 2.75) is 23.8 Å². The fourth-order valence-electron chi connectivity index (χ4n) is 3.20. The Morgan fingerprint density at radius 3 is 2.53 bits per heavy atom. The van der Waals surface area contributed by atoms with E-state index in [1.54, 1.807) is 0 Å². The normalized spacial score (nSPS) is 17.2. The smallest absolute Gasteiger partial charge is 0.244 e. The van der Waals surface area contributed by atoms with Crippen molar-refractivity contribution in [2.75, 3.05) is 11.9 Å². The van der Waals surface area contributed by atoms with Crippen LogP contribution in [0, 0.1) is 5.82 Å². The molecule has 30 heavy (non-hydrogen) atoms. The van der Waals surface area contributed by atoms with E-state index in [0.29, 0.717) is 23.0 Å². The molecule has 11 heteroatoms. The highest BCUT2D eigenvalue weighted by Gasteiger charge is 2.39. The Kier molecular flexibility index (Phi) is 5.96. The molecule has 0 aliphatic carbocycles. The molecule has 1 fully saturated rings. The number of rotatable bonds is 5. The molecule has 0 saturated carbocycles. The number of hydrogen-bond acceptors (Lipinski definition) is 6. The highest BCUT2D eigenvalue weighted by atomic mass is 79.9. The molecule has 1 saturated heterocycles. The first kappa shape index (κ1) is 21.0. The summed E-state index contributed by atoms with van der Waals surface area (Å²) in [5.74, 6) is -0.987. The van der Waals surface area contributed by atoms with Crippen molar-refractivity contribution in [1.82, 2.24) is 14.5 Å². The fraction of sp³-hybridized carbons (Fsp3) is 0.211. The molecule has 7 nitrogen and oxygen atoms in total. The lowest BCUT2D eigenvalue weighted by atomic mass is 10.2. The number of hydrogen-bond donors (Lipinski definition) is 1. The summed E-state index contributed by atoms with van der Waals surface area (Å²) in [6.07, 6.45) is 0.948. The minimum Gasteiger partial charge on any atom is -0.299 e. The van der Waals surface area contributed by atoms with Gasteiger partial charge in [-0.25, -0.2) is 12.8 Å². The van der Waals surface area contributed by atoms with Gasteiger partial charge in [-0.15, -0.1) is 10.2 Å². The van der Waals surface area contributed by atoms with Crippen LogP contribution in [0.25, 0.3) is 10.6 Å². The standard InChI is InChI=1S/C19H16BrFN4O3S2/c20-13-5-3-12(4-6-13)18-23-24-19(29-18)22-17(26)16-2-1-11-25(16)30(27,28)15-9-7-14(21)8-10-15/h3-10,16H,1-2,11H2,(H,22,24,26)/t16-/m1/s1. The van der Waals surface area contributed by atoms with Gasteiger partial charge in [-0.1, -0.05) is 39.4 Å². The van der Waals surface area contributed by atoms with Gasteiger partial charge in [0.2, 0.25) is 21.1 Å². The van der Waals surface area contributed by atoms with Crippen molar-refractivity contribution in [3.05, 3.63) is 58.8 Å². The summed E-state index contributed by atoms with van der Waals surface area (Å²) in [5, 5.41) is 11.7. The van der Waals surface area contributed by atoms with Crippen molar-refractivity contribution >= 4 is 48.3 Å². The van der Waals surface area contributed by atoms with Gasteiger partial charge in [0.05, 0.1) is 4.90 Å². The summed E-state index contributed by atoms with van der Waals surface area (Å²) < 4.78 is 41.1. The SMILES string of the molecule is O=C(Nc1nnc(-c2ccc(Br)cc2)s1)[C@H]1CCCN1S(=O)(=O)c1ccc(F)cc1. The first-order chi connectivity index (χ1) is 14.3. The van der Waals surface area contributed by atoms with Crippen molar-refractivity contribution in [3.63, 3.8) is 0 Å². The molecule has 1 aliphatic rings. The van der Waals surface area contributed by atoms with Crippen LogP contribution in [0.15, 0.2) is 57.9 Å². The zero-order valence-corrected chi connectivity index (χ0v) is 18.7. The molecule has 3 aromatic rings. The Labute approximate surface area is 185 Å². The van der Waals surface area contributed by atoms with Crippen LogP contribution in [-0.2, 0) is 14.8 Å². The number of anilines is 1. The molecule has 4 rings (SSSR count). The molecule has 1 N–H and O–H groups in total. The monoisotopic (exact) mass is 510 g/mol. The topological polar surface area (TPSA) is 92.3 Å². The lowest BCUT2D eigenvalue weighted by Gasteiger charge is -2.22. The van der Waals surface area contributed by atoms with Gasteiger partial charge in [0.1, 0.15) is 16.9 Å². The second-order valence-corrected chi connectivity index (χ2v) is 10.4. The molecule has 2 aromatic carbocycles. The molecule has 1 aromatic heterocycles. The third kappa shape index (κ3) is 4.29. The maximum absolute atomic E-state index is 13.2. The van der Waals surface area contributed by atoms with Crippen molar-refractivity contribution in [3.8, 4) is 10.6 Å². The van der Waals surface area contributed by atoms with Crippen LogP contribution in [0.5, 0.6) is 0 Å². The molecule has 0 unspecified atom stereocenters. The minimum absolute atomic E-state index is 0.0444. The van der Waals surface area contributed by atoms with E-state index in [0.717, 1.165) is 26.5 Å². The fourth-order valence-corrected chi connectivity index (χ4v) is 5.88. The first-order valence-electron chi connectivity index (χ1n) is 9.02. The third-order valence-electron chi connectivity index (χ3n) is 4.67. The minimum atomic E-state index is -3.92. The summed E-state index contributed by atoms with van der Waals surface area (Å²) in [6, 6.07) is 11.2. The van der Waals surface area contributed by atoms with E-state index >= 15 is 0 Å². The van der Waals surface area contributed by atoms with Crippen LogP contribution in [0.2, 0.25) is 0 Å². The molecule has 1 amide bonds. The van der Waals surface area contributed by atoms with E-state index in [4.69, 9.17) is 0 Å². The molecule has 1 atom stereocenters. The molecular formula is C19H16BrFN4O3S2. The number of benzene rings is 2. The Balaban J connectivity index is 1.50. The molecule has 1 aliphatic heterocycles. The third-order valence-corrected chi connectivity index (χ3v) is 8.01. The summed E-state index contributed by atoms with van der Waals surface area (Å²) in [7, 11) is -3.92. The van der Waals surface area contributed by atoms with Crippen LogP contribution >= 0.6 is 27.3 Å². The predicted molar refractivity (Wildman–Crippen MR) is 115 cm³/mol. The predicted octanol–water partition coefficient (Wildman–Crippen LogP) is 3.90. The summed E-state index contributed by atoms with van der Waals surface area (Å²) in [4.78, 5) is 12.8. The van der Waals surface area contributed by atoms with E-state index in [-0.39, 0.29) is 11.4 Å². The first-order valence-corrected chi connectivity index (χ1v) is 12.1. The maximum atomic E-state index is 13.2. The average molecular weight is 511 g/mol. The molecule has 0 bridgehead atoms. The van der Waals surface area contributed by atoms with E-state index < -0.39 is 27.8 Å². The Morgan fingerprint density at radius 2 is 1.83 bits per heavy atom. The Bertz CT molecular complexity index is 1170. The van der Waals surface area contributed by atoms with Gasteiger partial charge in [-0.3, -0.25) is 10.1 Å². The highest BCUT2D eigenvalue weighted by Crippen LogP contribution is 2.30. The van der Waals surface area contributed by atoms with Crippen LogP contribution in [-0.4, -0.2) is 41.4 Å². The van der Waals surface area contributed by atoms with Crippen LogP contribution in [0.4, 0.5) is 9.52 Å². The number of halogens is 2. The zero-order chi connectivity index (χ0) is 21.3. The van der Waals surface area contributed by atoms with Gasteiger partial charge in [0.25, 0.3) is 0 Å². The van der Waals surface area contributed by atoms with Crippen LogP contribution in [0.1, 0.15) is 12.8 Å². The molecule has 156 valence electrons. The van der Waals surface area contributed by atoms with E-state index in [1.807, 2.05) is 24.3 Å². The van der Waals surface area contributed by atoms with Crippen molar-refractivity contribution in [1.29, 1.82) is 0 Å². The number of carbonyl (C=O) groups excluding carboxylic acids is 1. The number of nitrogens with zero attached hydrogens (tertiary/aromatic N) is 3. The van der Waals surface area contributed by atoms with E-state index in [2.05, 4.69) is 31.4 Å². The van der Waals surface area contributed by atoms with Gasteiger partial charge in [-0.2, -0.15) is 4.31 Å². The average Bonchev–Trinajstić information content (AvgIpc) is 3.39. The van der Waals surface area contributed by atoms with Crippen LogP contribution < -0.4 is 5.32 Å². The quantitative estimate of drug-likeness (QED) is 0.561. The van der Waals surface area contributed by atoms with Crippen molar-refractivity contribution in [2.24, 2.45) is 0 Å². The number of aromatic nitrogens is 2. The van der Waals surface area contributed by atoms with Gasteiger partial charge in [0.15, 0.2) is 0 Å². The van der Waals surface area contributed by atoms with Gasteiger partial charge >= 0.3 is 0 Å². The lowest BCUT2D eigenvalue weighted by Crippen LogP contribution is -2.43. The maximum Gasteiger partial charge on any atom is 0.244 e. The molecule has 0 spiro atoms. The van der Waals surface area contributed by atoms with E-state index in [9.17, 15) is 17.6 Å². The van der Waals surface area contributed by atoms with Crippen molar-refractivity contribution < 1.29 is 17.6 Å². The zero-order valence-electron chi connectivity index (χ0n) is 15.5. The number of amides is 1. The number of nitrogens with one attached hydrogen (secondary N) is 1. The largest absolute Gasteiger partial charge is 0.299 e. The second kappa shape index (κ2) is 8.50. The lowest BCUT2D eigenvalue weighted by molar-refractivity contribution is -0.119. The molecule has 2 heterocycles. The van der Waals surface area contributed by atoms with Gasteiger partial charge < -0.3 is 0 Å². The molecule has 0 radical (unpaired) electrons. The van der Waals surface area contributed by atoms with Gasteiger partial charge in [-0.05, 0) is 49.2 Å². The number of sulfonamides is 1. The van der Waals surface area contributed by atoms with Crippen LogP contribution in [0.3, 0.4) is 0 Å². The summed E-state index contributed by atoms with van der Waals surface area (Å²) in [5.41, 5.74) is 0.859.